The van der Waals surface area contributed by atoms with E-state index in [4.69, 9.17) is 27.9 Å². The highest BCUT2D eigenvalue weighted by molar-refractivity contribution is 6.33. The summed E-state index contributed by atoms with van der Waals surface area (Å²) in [4.78, 5) is 25.1. The molecule has 1 heterocycles. The van der Waals surface area contributed by atoms with Crippen LogP contribution in [0, 0.1) is 6.92 Å². The van der Waals surface area contributed by atoms with Crippen LogP contribution < -0.4 is 4.74 Å². The van der Waals surface area contributed by atoms with Crippen molar-refractivity contribution in [1.29, 1.82) is 0 Å². The molecule has 3 aromatic rings. The number of aromatic nitrogens is 1. The number of fused-ring (bicyclic) bond motifs is 1. The summed E-state index contributed by atoms with van der Waals surface area (Å²) in [5.74, 6) is -1.57. The molecule has 7 heteroatoms. The van der Waals surface area contributed by atoms with Gasteiger partial charge in [-0.1, -0.05) is 30.1 Å². The zero-order chi connectivity index (χ0) is 20.6. The van der Waals surface area contributed by atoms with Gasteiger partial charge < -0.3 is 9.84 Å². The first-order valence-corrected chi connectivity index (χ1v) is 9.47. The fourth-order valence-corrected chi connectivity index (χ4v) is 3.88. The standard InChI is InChI=1S/C21H19Cl2NO4/c1-4-14(21(26)27)19-11(2)24(20(25)12-5-7-13(22)8-6-12)17-10-16(23)18(28-3)9-15(17)19/h5-10,14H,4H2,1-3H3,(H,26,27). The van der Waals surface area contributed by atoms with Crippen molar-refractivity contribution in [3.63, 3.8) is 0 Å². The molecule has 1 N–H and O–H groups in total. The van der Waals surface area contributed by atoms with Gasteiger partial charge in [0.05, 0.1) is 23.6 Å². The van der Waals surface area contributed by atoms with E-state index in [2.05, 4.69) is 0 Å². The van der Waals surface area contributed by atoms with Crippen LogP contribution in [0.3, 0.4) is 0 Å². The fraction of sp³-hybridized carbons (Fsp3) is 0.238. The molecule has 0 amide bonds. The third kappa shape index (κ3) is 3.36. The van der Waals surface area contributed by atoms with Crippen molar-refractivity contribution in [1.82, 2.24) is 4.57 Å². The predicted octanol–water partition coefficient (Wildman–Crippen LogP) is 5.53. The van der Waals surface area contributed by atoms with Crippen molar-refractivity contribution < 1.29 is 19.4 Å². The van der Waals surface area contributed by atoms with Crippen LogP contribution in [0.15, 0.2) is 36.4 Å². The molecule has 0 aliphatic rings. The third-order valence-corrected chi connectivity index (χ3v) is 5.42. The monoisotopic (exact) mass is 419 g/mol. The van der Waals surface area contributed by atoms with Crippen LogP contribution in [0.1, 0.15) is 40.9 Å². The summed E-state index contributed by atoms with van der Waals surface area (Å²) in [6.45, 7) is 3.55. The fourth-order valence-electron chi connectivity index (χ4n) is 3.52. The number of ether oxygens (including phenoxy) is 1. The number of carboxylic acids is 1. The number of hydrogen-bond acceptors (Lipinski definition) is 3. The Morgan fingerprint density at radius 1 is 1.18 bits per heavy atom. The molecule has 28 heavy (non-hydrogen) atoms. The highest BCUT2D eigenvalue weighted by atomic mass is 35.5. The molecule has 1 aromatic heterocycles. The van der Waals surface area contributed by atoms with E-state index < -0.39 is 11.9 Å². The molecule has 0 fully saturated rings. The number of carboxylic acid groups (broad SMARTS) is 1. The highest BCUT2D eigenvalue weighted by Gasteiger charge is 2.29. The first kappa shape index (κ1) is 20.2. The molecule has 0 radical (unpaired) electrons. The molecule has 0 saturated carbocycles. The summed E-state index contributed by atoms with van der Waals surface area (Å²) in [5, 5.41) is 11.2. The minimum absolute atomic E-state index is 0.285. The van der Waals surface area contributed by atoms with E-state index in [0.717, 1.165) is 0 Å². The molecule has 1 atom stereocenters. The Balaban J connectivity index is 2.35. The van der Waals surface area contributed by atoms with E-state index in [1.54, 1.807) is 50.2 Å². The number of aliphatic carboxylic acids is 1. The number of carbonyl (C=O) groups is 2. The zero-order valence-corrected chi connectivity index (χ0v) is 17.1. The second-order valence-corrected chi connectivity index (χ2v) is 7.29. The number of rotatable bonds is 5. The van der Waals surface area contributed by atoms with Crippen molar-refractivity contribution in [3.05, 3.63) is 63.3 Å². The van der Waals surface area contributed by atoms with Crippen LogP contribution in [-0.2, 0) is 4.79 Å². The van der Waals surface area contributed by atoms with Gasteiger partial charge in [-0.3, -0.25) is 14.2 Å². The average Bonchev–Trinajstić information content (AvgIpc) is 2.93. The van der Waals surface area contributed by atoms with Crippen molar-refractivity contribution in [2.45, 2.75) is 26.2 Å². The number of halogens is 2. The molecule has 0 bridgehead atoms. The van der Waals surface area contributed by atoms with Gasteiger partial charge in [-0.25, -0.2) is 0 Å². The summed E-state index contributed by atoms with van der Waals surface area (Å²) in [5.41, 5.74) is 2.13. The largest absolute Gasteiger partial charge is 0.495 e. The van der Waals surface area contributed by atoms with Crippen LogP contribution >= 0.6 is 23.2 Å². The van der Waals surface area contributed by atoms with Gasteiger partial charge in [0.15, 0.2) is 0 Å². The second kappa shape index (κ2) is 7.86. The van der Waals surface area contributed by atoms with Gasteiger partial charge in [-0.2, -0.15) is 0 Å². The molecule has 0 aliphatic heterocycles. The molecule has 2 aromatic carbocycles. The Morgan fingerprint density at radius 2 is 1.82 bits per heavy atom. The van der Waals surface area contributed by atoms with Crippen molar-refractivity contribution in [3.8, 4) is 5.75 Å². The smallest absolute Gasteiger partial charge is 0.311 e. The van der Waals surface area contributed by atoms with Crippen LogP contribution in [0.25, 0.3) is 10.9 Å². The zero-order valence-electron chi connectivity index (χ0n) is 15.6. The molecular weight excluding hydrogens is 401 g/mol. The molecule has 3 rings (SSSR count). The van der Waals surface area contributed by atoms with Crippen molar-refractivity contribution in [2.75, 3.05) is 7.11 Å². The minimum atomic E-state index is -0.947. The van der Waals surface area contributed by atoms with E-state index >= 15 is 0 Å². The highest BCUT2D eigenvalue weighted by Crippen LogP contribution is 2.39. The quantitative estimate of drug-likeness (QED) is 0.589. The van der Waals surface area contributed by atoms with Gasteiger partial charge in [0.25, 0.3) is 5.91 Å². The SMILES string of the molecule is CCC(C(=O)O)c1c(C)n(C(=O)c2ccc(Cl)cc2)c2cc(Cl)c(OC)cc12. The Bertz CT molecular complexity index is 1070. The number of hydrogen-bond donors (Lipinski definition) is 1. The van der Waals surface area contributed by atoms with E-state index in [-0.39, 0.29) is 5.91 Å². The molecular formula is C21H19Cl2NO4. The minimum Gasteiger partial charge on any atom is -0.495 e. The number of methoxy groups -OCH3 is 1. The summed E-state index contributed by atoms with van der Waals surface area (Å²) < 4.78 is 6.81. The van der Waals surface area contributed by atoms with Crippen molar-refractivity contribution in [2.24, 2.45) is 0 Å². The maximum Gasteiger partial charge on any atom is 0.311 e. The Labute approximate surface area is 172 Å². The Hall–Kier alpha value is -2.50. The van der Waals surface area contributed by atoms with Crippen molar-refractivity contribution >= 4 is 46.0 Å². The maximum absolute atomic E-state index is 13.3. The van der Waals surface area contributed by atoms with Crippen LogP contribution in [0.2, 0.25) is 10.0 Å². The summed E-state index contributed by atoms with van der Waals surface area (Å²) in [6.07, 6.45) is 0.384. The molecule has 0 aliphatic carbocycles. The number of nitrogens with zero attached hydrogens (tertiary/aromatic N) is 1. The third-order valence-electron chi connectivity index (χ3n) is 4.88. The lowest BCUT2D eigenvalue weighted by molar-refractivity contribution is -0.138. The average molecular weight is 420 g/mol. The van der Waals surface area contributed by atoms with Crippen LogP contribution in [0.5, 0.6) is 5.75 Å². The second-order valence-electron chi connectivity index (χ2n) is 6.45. The predicted molar refractivity (Wildman–Crippen MR) is 110 cm³/mol. The first-order chi connectivity index (χ1) is 13.3. The first-order valence-electron chi connectivity index (χ1n) is 8.71. The molecule has 5 nitrogen and oxygen atoms in total. The molecule has 1 unspecified atom stereocenters. The topological polar surface area (TPSA) is 68.5 Å². The maximum atomic E-state index is 13.3. The number of benzene rings is 2. The Morgan fingerprint density at radius 3 is 2.36 bits per heavy atom. The summed E-state index contributed by atoms with van der Waals surface area (Å²) in [6, 6.07) is 9.87. The summed E-state index contributed by atoms with van der Waals surface area (Å²) >= 11 is 12.2. The van der Waals surface area contributed by atoms with Crippen LogP contribution in [-0.4, -0.2) is 28.7 Å². The lowest BCUT2D eigenvalue weighted by atomic mass is 9.94. The van der Waals surface area contributed by atoms with Gasteiger partial charge in [-0.15, -0.1) is 0 Å². The van der Waals surface area contributed by atoms with E-state index in [0.29, 0.717) is 49.9 Å². The van der Waals surface area contributed by atoms with Gasteiger partial charge in [0.2, 0.25) is 0 Å². The van der Waals surface area contributed by atoms with E-state index in [1.807, 2.05) is 0 Å². The lowest BCUT2D eigenvalue weighted by Gasteiger charge is -2.12. The summed E-state index contributed by atoms with van der Waals surface area (Å²) in [7, 11) is 1.49. The number of carbonyl (C=O) groups excluding carboxylic acids is 1. The molecule has 0 saturated heterocycles. The molecule has 146 valence electrons. The van der Waals surface area contributed by atoms with Gasteiger partial charge in [0.1, 0.15) is 5.75 Å². The molecule has 0 spiro atoms. The lowest BCUT2D eigenvalue weighted by Crippen LogP contribution is -2.16. The normalized spacial score (nSPS) is 12.2. The van der Waals surface area contributed by atoms with Gasteiger partial charge >= 0.3 is 5.97 Å². The van der Waals surface area contributed by atoms with Gasteiger partial charge in [0, 0.05) is 21.7 Å². The Kier molecular flexibility index (Phi) is 5.68. The van der Waals surface area contributed by atoms with E-state index in [1.165, 1.54) is 11.7 Å². The van der Waals surface area contributed by atoms with Gasteiger partial charge in [-0.05, 0) is 55.3 Å². The van der Waals surface area contributed by atoms with E-state index in [9.17, 15) is 14.7 Å². The van der Waals surface area contributed by atoms with Crippen LogP contribution in [0.4, 0.5) is 0 Å².